The van der Waals surface area contributed by atoms with Crippen LogP contribution in [0.2, 0.25) is 5.02 Å². The van der Waals surface area contributed by atoms with E-state index in [9.17, 15) is 4.79 Å². The van der Waals surface area contributed by atoms with Crippen LogP contribution >= 0.6 is 39.3 Å². The lowest BCUT2D eigenvalue weighted by atomic mass is 10.2. The van der Waals surface area contributed by atoms with E-state index >= 15 is 0 Å². The van der Waals surface area contributed by atoms with Gasteiger partial charge in [0, 0.05) is 23.0 Å². The molecule has 0 aliphatic rings. The molecule has 0 spiro atoms. The van der Waals surface area contributed by atoms with Gasteiger partial charge < -0.3 is 9.73 Å². The van der Waals surface area contributed by atoms with Crippen LogP contribution in [0.1, 0.15) is 5.76 Å². The number of halogens is 2. The summed E-state index contributed by atoms with van der Waals surface area (Å²) in [6, 6.07) is 10.9. The molecule has 1 aromatic carbocycles. The molecular formula is C15H10BrClN2O2S. The average Bonchev–Trinajstić information content (AvgIpc) is 2.86. The van der Waals surface area contributed by atoms with Gasteiger partial charge in [-0.1, -0.05) is 23.4 Å². The highest BCUT2D eigenvalue weighted by Gasteiger charge is 2.12. The number of benzene rings is 1. The first kappa shape index (κ1) is 16.7. The van der Waals surface area contributed by atoms with E-state index in [1.807, 2.05) is 18.2 Å². The summed E-state index contributed by atoms with van der Waals surface area (Å²) in [6.45, 7) is 0. The molecule has 0 saturated heterocycles. The lowest BCUT2D eigenvalue weighted by molar-refractivity contribution is -0.116. The third-order valence-corrected chi connectivity index (χ3v) is 4.68. The quantitative estimate of drug-likeness (QED) is 0.609. The van der Waals surface area contributed by atoms with Crippen molar-refractivity contribution in [2.24, 2.45) is 0 Å². The molecule has 0 aliphatic heterocycles. The Labute approximate surface area is 145 Å². The molecule has 1 aromatic heterocycles. The standard InChI is InChI=1S/C15H10BrClN2O2S/c1-19-14(20)9(8-18)6-11-7-13(16)15(21-11)22-12-4-2-10(17)3-5-12/h2-7H,1H3,(H,19,20)/b9-6-. The minimum absolute atomic E-state index is 0.0215. The zero-order chi connectivity index (χ0) is 16.1. The zero-order valence-electron chi connectivity index (χ0n) is 11.4. The molecule has 0 aliphatic carbocycles. The lowest BCUT2D eigenvalue weighted by Gasteiger charge is -1.99. The van der Waals surface area contributed by atoms with E-state index in [1.165, 1.54) is 24.9 Å². The van der Waals surface area contributed by atoms with Gasteiger partial charge in [-0.05, 0) is 46.3 Å². The Morgan fingerprint density at radius 1 is 1.45 bits per heavy atom. The van der Waals surface area contributed by atoms with E-state index in [1.54, 1.807) is 18.2 Å². The van der Waals surface area contributed by atoms with E-state index < -0.39 is 5.91 Å². The lowest BCUT2D eigenvalue weighted by Crippen LogP contribution is -2.18. The van der Waals surface area contributed by atoms with Gasteiger partial charge in [0.1, 0.15) is 17.4 Å². The van der Waals surface area contributed by atoms with Gasteiger partial charge in [0.2, 0.25) is 0 Å². The van der Waals surface area contributed by atoms with Gasteiger partial charge >= 0.3 is 0 Å². The van der Waals surface area contributed by atoms with E-state index in [-0.39, 0.29) is 5.57 Å². The van der Waals surface area contributed by atoms with Crippen molar-refractivity contribution < 1.29 is 9.21 Å². The number of rotatable bonds is 4. The van der Waals surface area contributed by atoms with Gasteiger partial charge in [0.05, 0.1) is 4.47 Å². The largest absolute Gasteiger partial charge is 0.449 e. The van der Waals surface area contributed by atoms with Gasteiger partial charge in [-0.25, -0.2) is 0 Å². The molecule has 4 nitrogen and oxygen atoms in total. The summed E-state index contributed by atoms with van der Waals surface area (Å²) >= 11 is 10.7. The molecule has 0 saturated carbocycles. The maximum Gasteiger partial charge on any atom is 0.261 e. The van der Waals surface area contributed by atoms with Crippen molar-refractivity contribution >= 4 is 51.3 Å². The van der Waals surface area contributed by atoms with Crippen molar-refractivity contribution in [2.45, 2.75) is 9.99 Å². The van der Waals surface area contributed by atoms with Crippen molar-refractivity contribution in [1.29, 1.82) is 5.26 Å². The molecule has 0 unspecified atom stereocenters. The normalized spacial score (nSPS) is 11.1. The molecule has 0 bridgehead atoms. The topological polar surface area (TPSA) is 66.0 Å². The first-order valence-electron chi connectivity index (χ1n) is 6.10. The van der Waals surface area contributed by atoms with Crippen LogP contribution in [0.25, 0.3) is 6.08 Å². The zero-order valence-corrected chi connectivity index (χ0v) is 14.6. The van der Waals surface area contributed by atoms with Crippen LogP contribution in [0.4, 0.5) is 0 Å². The number of nitrogens with zero attached hydrogens (tertiary/aromatic N) is 1. The van der Waals surface area contributed by atoms with Crippen LogP contribution in [0.5, 0.6) is 0 Å². The molecule has 1 heterocycles. The molecule has 1 amide bonds. The van der Waals surface area contributed by atoms with E-state index in [2.05, 4.69) is 21.2 Å². The number of hydrogen-bond donors (Lipinski definition) is 1. The number of nitriles is 1. The summed E-state index contributed by atoms with van der Waals surface area (Å²) in [7, 11) is 1.47. The Kier molecular flexibility index (Phi) is 5.72. The predicted octanol–water partition coefficient (Wildman–Crippen LogP) is 4.50. The number of furan rings is 1. The van der Waals surface area contributed by atoms with Crippen LogP contribution in [0.15, 0.2) is 54.8 Å². The molecule has 22 heavy (non-hydrogen) atoms. The first-order valence-corrected chi connectivity index (χ1v) is 8.09. The summed E-state index contributed by atoms with van der Waals surface area (Å²) in [5.74, 6) is -0.0367. The fourth-order valence-corrected chi connectivity index (χ4v) is 3.00. The fraction of sp³-hybridized carbons (Fsp3) is 0.0667. The molecule has 2 rings (SSSR count). The fourth-order valence-electron chi connectivity index (χ4n) is 1.54. The molecule has 112 valence electrons. The van der Waals surface area contributed by atoms with Gasteiger partial charge in [-0.2, -0.15) is 5.26 Å². The second-order valence-electron chi connectivity index (χ2n) is 4.09. The number of likely N-dealkylation sites (N-methyl/N-ethyl adjacent to an activating group) is 1. The van der Waals surface area contributed by atoms with Crippen molar-refractivity contribution in [3.05, 3.63) is 51.2 Å². The summed E-state index contributed by atoms with van der Waals surface area (Å²) in [6.07, 6.45) is 1.40. The number of hydrogen-bond acceptors (Lipinski definition) is 4. The smallest absolute Gasteiger partial charge is 0.261 e. The van der Waals surface area contributed by atoms with Crippen molar-refractivity contribution in [2.75, 3.05) is 7.05 Å². The highest BCUT2D eigenvalue weighted by Crippen LogP contribution is 2.36. The highest BCUT2D eigenvalue weighted by atomic mass is 79.9. The molecule has 0 atom stereocenters. The Hall–Kier alpha value is -1.68. The van der Waals surface area contributed by atoms with Gasteiger partial charge in [-0.15, -0.1) is 0 Å². The molecule has 7 heteroatoms. The number of amides is 1. The Morgan fingerprint density at radius 3 is 2.73 bits per heavy atom. The predicted molar refractivity (Wildman–Crippen MR) is 89.6 cm³/mol. The second kappa shape index (κ2) is 7.54. The van der Waals surface area contributed by atoms with E-state index in [0.717, 1.165) is 9.37 Å². The van der Waals surface area contributed by atoms with Crippen molar-refractivity contribution in [1.82, 2.24) is 5.32 Å². The minimum atomic E-state index is -0.457. The Morgan fingerprint density at radius 2 is 2.14 bits per heavy atom. The van der Waals surface area contributed by atoms with Crippen LogP contribution in [-0.2, 0) is 4.79 Å². The van der Waals surface area contributed by atoms with Gasteiger partial charge in [0.15, 0.2) is 5.09 Å². The third-order valence-electron chi connectivity index (χ3n) is 2.58. The highest BCUT2D eigenvalue weighted by molar-refractivity contribution is 9.10. The minimum Gasteiger partial charge on any atom is -0.449 e. The van der Waals surface area contributed by atoms with Gasteiger partial charge in [0.25, 0.3) is 5.91 Å². The third kappa shape index (κ3) is 4.17. The maximum absolute atomic E-state index is 11.5. The Bertz CT molecular complexity index is 763. The number of carbonyl (C=O) groups excluding carboxylic acids is 1. The summed E-state index contributed by atoms with van der Waals surface area (Å²) in [5, 5.41) is 12.7. The second-order valence-corrected chi connectivity index (χ2v) is 6.43. The molecule has 0 fully saturated rings. The summed E-state index contributed by atoms with van der Waals surface area (Å²) in [5.41, 5.74) is -0.0215. The maximum atomic E-state index is 11.5. The van der Waals surface area contributed by atoms with Crippen LogP contribution < -0.4 is 5.32 Å². The first-order chi connectivity index (χ1) is 10.5. The average molecular weight is 398 g/mol. The molecule has 2 aromatic rings. The Balaban J connectivity index is 2.24. The molecule has 1 N–H and O–H groups in total. The van der Waals surface area contributed by atoms with Crippen molar-refractivity contribution in [3.8, 4) is 6.07 Å². The SMILES string of the molecule is CNC(=O)/C(C#N)=C\c1cc(Br)c(Sc2ccc(Cl)cc2)o1. The summed E-state index contributed by atoms with van der Waals surface area (Å²) < 4.78 is 6.39. The number of carbonyl (C=O) groups is 1. The molecule has 0 radical (unpaired) electrons. The molecular weight excluding hydrogens is 388 g/mol. The van der Waals surface area contributed by atoms with E-state index in [0.29, 0.717) is 15.9 Å². The van der Waals surface area contributed by atoms with Crippen LogP contribution in [-0.4, -0.2) is 13.0 Å². The van der Waals surface area contributed by atoms with Gasteiger partial charge in [-0.3, -0.25) is 4.79 Å². The van der Waals surface area contributed by atoms with Crippen LogP contribution in [0.3, 0.4) is 0 Å². The monoisotopic (exact) mass is 396 g/mol. The van der Waals surface area contributed by atoms with Crippen molar-refractivity contribution in [3.63, 3.8) is 0 Å². The summed E-state index contributed by atoms with van der Waals surface area (Å²) in [4.78, 5) is 12.4. The van der Waals surface area contributed by atoms with Crippen LogP contribution in [0, 0.1) is 11.3 Å². The van der Waals surface area contributed by atoms with E-state index in [4.69, 9.17) is 21.3 Å². The number of nitrogens with one attached hydrogen (secondary N) is 1.